The van der Waals surface area contributed by atoms with Gasteiger partial charge in [0.2, 0.25) is 0 Å². The quantitative estimate of drug-likeness (QED) is 0.831. The smallest absolute Gasteiger partial charge is 0.328 e. The highest BCUT2D eigenvalue weighted by molar-refractivity contribution is 6.99. The van der Waals surface area contributed by atoms with Crippen molar-refractivity contribution in [2.24, 2.45) is 0 Å². The van der Waals surface area contributed by atoms with Gasteiger partial charge in [0.15, 0.2) is 5.69 Å². The number of aromatic nitrogens is 2. The van der Waals surface area contributed by atoms with Gasteiger partial charge in [-0.2, -0.15) is 8.75 Å². The molecule has 0 saturated heterocycles. The fourth-order valence-corrected chi connectivity index (χ4v) is 1.76. The fourth-order valence-electron chi connectivity index (χ4n) is 1.35. The number of carbonyl (C=O) groups excluding carboxylic acids is 1. The van der Waals surface area contributed by atoms with E-state index in [1.54, 1.807) is 24.3 Å². The Morgan fingerprint density at radius 3 is 2.89 bits per heavy atom. The molecule has 19 heavy (non-hydrogen) atoms. The summed E-state index contributed by atoms with van der Waals surface area (Å²) in [5.74, 6) is -1.38. The number of carboxylic acid groups (broad SMARTS) is 1. The second-order valence-electron chi connectivity index (χ2n) is 3.54. The molecule has 1 amide bonds. The molecule has 1 heterocycles. The van der Waals surface area contributed by atoms with Crippen LogP contribution in [0.2, 0.25) is 0 Å². The molecule has 0 aliphatic rings. The maximum Gasteiger partial charge on any atom is 0.328 e. The van der Waals surface area contributed by atoms with Crippen molar-refractivity contribution >= 4 is 35.4 Å². The van der Waals surface area contributed by atoms with Crippen LogP contribution in [0.25, 0.3) is 6.08 Å². The van der Waals surface area contributed by atoms with Crippen molar-refractivity contribution in [2.75, 3.05) is 5.32 Å². The van der Waals surface area contributed by atoms with Gasteiger partial charge in [0.1, 0.15) is 0 Å². The lowest BCUT2D eigenvalue weighted by Gasteiger charge is -2.03. The van der Waals surface area contributed by atoms with Crippen LogP contribution in [0.15, 0.2) is 36.5 Å². The van der Waals surface area contributed by atoms with E-state index >= 15 is 0 Å². The predicted octanol–water partition coefficient (Wildman–Crippen LogP) is 1.89. The summed E-state index contributed by atoms with van der Waals surface area (Å²) in [4.78, 5) is 22.2. The van der Waals surface area contributed by atoms with E-state index in [9.17, 15) is 9.59 Å². The van der Waals surface area contributed by atoms with Gasteiger partial charge in [-0.15, -0.1) is 0 Å². The minimum atomic E-state index is -1.03. The number of carbonyl (C=O) groups is 2. The molecule has 0 radical (unpaired) electrons. The molecule has 0 aliphatic carbocycles. The molecule has 0 unspecified atom stereocenters. The topological polar surface area (TPSA) is 92.2 Å². The van der Waals surface area contributed by atoms with Crippen LogP contribution in [-0.4, -0.2) is 25.7 Å². The summed E-state index contributed by atoms with van der Waals surface area (Å²) in [6.45, 7) is 0. The molecule has 7 heteroatoms. The van der Waals surface area contributed by atoms with Crippen molar-refractivity contribution in [2.45, 2.75) is 0 Å². The number of aliphatic carboxylic acids is 1. The molecule has 1 aromatic carbocycles. The third-order valence-electron chi connectivity index (χ3n) is 2.16. The molecule has 0 aliphatic heterocycles. The second kappa shape index (κ2) is 5.87. The number of hydrogen-bond donors (Lipinski definition) is 2. The van der Waals surface area contributed by atoms with Gasteiger partial charge in [-0.1, -0.05) is 12.1 Å². The molecule has 0 bridgehead atoms. The van der Waals surface area contributed by atoms with E-state index in [2.05, 4.69) is 14.1 Å². The van der Waals surface area contributed by atoms with Crippen LogP contribution in [0.3, 0.4) is 0 Å². The summed E-state index contributed by atoms with van der Waals surface area (Å²) < 4.78 is 7.57. The van der Waals surface area contributed by atoms with Gasteiger partial charge in [-0.3, -0.25) is 4.79 Å². The van der Waals surface area contributed by atoms with Crippen LogP contribution in [0.4, 0.5) is 5.69 Å². The first-order chi connectivity index (χ1) is 9.15. The number of anilines is 1. The van der Waals surface area contributed by atoms with Crippen molar-refractivity contribution in [1.29, 1.82) is 0 Å². The standard InChI is InChI=1S/C12H9N3O3S/c16-11(17)5-4-8-2-1-3-9(6-8)14-12(18)10-7-13-19-15-10/h1-7H,(H,14,18)(H,16,17)/b5-4+. The third-order valence-corrected chi connectivity index (χ3v) is 2.63. The Morgan fingerprint density at radius 2 is 2.21 bits per heavy atom. The summed E-state index contributed by atoms with van der Waals surface area (Å²) in [7, 11) is 0. The number of benzene rings is 1. The van der Waals surface area contributed by atoms with Crippen LogP contribution in [0, 0.1) is 0 Å². The molecule has 0 saturated carbocycles. The second-order valence-corrected chi connectivity index (χ2v) is 4.10. The first kappa shape index (κ1) is 12.9. The van der Waals surface area contributed by atoms with E-state index in [1.165, 1.54) is 12.3 Å². The summed E-state index contributed by atoms with van der Waals surface area (Å²) in [5.41, 5.74) is 1.48. The van der Waals surface area contributed by atoms with Gasteiger partial charge in [0, 0.05) is 11.8 Å². The summed E-state index contributed by atoms with van der Waals surface area (Å²) in [5, 5.41) is 11.2. The first-order valence-corrected chi connectivity index (χ1v) is 5.98. The first-order valence-electron chi connectivity index (χ1n) is 5.25. The van der Waals surface area contributed by atoms with Crippen LogP contribution >= 0.6 is 11.7 Å². The van der Waals surface area contributed by atoms with Gasteiger partial charge in [0.25, 0.3) is 5.91 Å². The number of amides is 1. The third kappa shape index (κ3) is 3.71. The minimum absolute atomic E-state index is 0.247. The maximum absolute atomic E-state index is 11.7. The Bertz CT molecular complexity index is 623. The average Bonchev–Trinajstić information content (AvgIpc) is 2.91. The van der Waals surface area contributed by atoms with E-state index in [4.69, 9.17) is 5.11 Å². The molecule has 0 spiro atoms. The normalized spacial score (nSPS) is 10.5. The highest BCUT2D eigenvalue weighted by Gasteiger charge is 2.08. The van der Waals surface area contributed by atoms with Crippen molar-refractivity contribution in [3.8, 4) is 0 Å². The zero-order valence-corrected chi connectivity index (χ0v) is 10.4. The molecule has 2 rings (SSSR count). The summed E-state index contributed by atoms with van der Waals surface area (Å²) in [6, 6.07) is 6.82. The SMILES string of the molecule is O=C(O)/C=C/c1cccc(NC(=O)c2cnsn2)c1. The fraction of sp³-hybridized carbons (Fsp3) is 0. The molecular formula is C12H9N3O3S. The van der Waals surface area contributed by atoms with Crippen molar-refractivity contribution in [3.63, 3.8) is 0 Å². The Kier molecular flexibility index (Phi) is 3.99. The lowest BCUT2D eigenvalue weighted by molar-refractivity contribution is -0.131. The van der Waals surface area contributed by atoms with Crippen molar-refractivity contribution in [3.05, 3.63) is 47.8 Å². The van der Waals surface area contributed by atoms with E-state index in [0.717, 1.165) is 17.8 Å². The zero-order chi connectivity index (χ0) is 13.7. The van der Waals surface area contributed by atoms with E-state index in [1.807, 2.05) is 0 Å². The Labute approximate surface area is 112 Å². The van der Waals surface area contributed by atoms with E-state index < -0.39 is 5.97 Å². The molecule has 2 N–H and O–H groups in total. The van der Waals surface area contributed by atoms with Crippen LogP contribution < -0.4 is 5.32 Å². The lowest BCUT2D eigenvalue weighted by atomic mass is 10.2. The van der Waals surface area contributed by atoms with Crippen LogP contribution in [0.5, 0.6) is 0 Å². The largest absolute Gasteiger partial charge is 0.478 e. The summed E-state index contributed by atoms with van der Waals surface area (Å²) in [6.07, 6.45) is 3.86. The molecular weight excluding hydrogens is 266 g/mol. The van der Waals surface area contributed by atoms with E-state index in [0.29, 0.717) is 11.3 Å². The molecule has 6 nitrogen and oxygen atoms in total. The minimum Gasteiger partial charge on any atom is -0.478 e. The molecule has 0 fully saturated rings. The van der Waals surface area contributed by atoms with Gasteiger partial charge in [0.05, 0.1) is 17.9 Å². The molecule has 0 atom stereocenters. The summed E-state index contributed by atoms with van der Waals surface area (Å²) >= 11 is 0.956. The predicted molar refractivity (Wildman–Crippen MR) is 71.0 cm³/mol. The molecule has 1 aromatic heterocycles. The van der Waals surface area contributed by atoms with Crippen molar-refractivity contribution < 1.29 is 14.7 Å². The molecule has 2 aromatic rings. The highest BCUT2D eigenvalue weighted by atomic mass is 32.1. The van der Waals surface area contributed by atoms with Gasteiger partial charge in [-0.05, 0) is 23.8 Å². The lowest BCUT2D eigenvalue weighted by Crippen LogP contribution is -2.12. The van der Waals surface area contributed by atoms with Crippen LogP contribution in [0.1, 0.15) is 16.1 Å². The van der Waals surface area contributed by atoms with Gasteiger partial charge >= 0.3 is 5.97 Å². The van der Waals surface area contributed by atoms with Crippen LogP contribution in [-0.2, 0) is 4.79 Å². The number of nitrogens with zero attached hydrogens (tertiary/aromatic N) is 2. The van der Waals surface area contributed by atoms with Gasteiger partial charge in [-0.25, -0.2) is 4.79 Å². The monoisotopic (exact) mass is 275 g/mol. The number of carboxylic acids is 1. The van der Waals surface area contributed by atoms with Gasteiger partial charge < -0.3 is 10.4 Å². The number of hydrogen-bond acceptors (Lipinski definition) is 5. The zero-order valence-electron chi connectivity index (χ0n) is 9.61. The average molecular weight is 275 g/mol. The van der Waals surface area contributed by atoms with Crippen molar-refractivity contribution in [1.82, 2.24) is 8.75 Å². The Morgan fingerprint density at radius 1 is 1.37 bits per heavy atom. The highest BCUT2D eigenvalue weighted by Crippen LogP contribution is 2.13. The maximum atomic E-state index is 11.7. The number of nitrogens with one attached hydrogen (secondary N) is 1. The Balaban J connectivity index is 2.11. The van der Waals surface area contributed by atoms with E-state index in [-0.39, 0.29) is 11.6 Å². The number of rotatable bonds is 4. The Hall–Kier alpha value is -2.54. The molecule has 96 valence electrons.